The molecule has 4 aromatic heterocycles. The maximum atomic E-state index is 14.4. The van der Waals surface area contributed by atoms with Gasteiger partial charge in [0.25, 0.3) is 11.1 Å². The molecule has 0 bridgehead atoms. The summed E-state index contributed by atoms with van der Waals surface area (Å²) >= 11 is 0. The quantitative estimate of drug-likeness (QED) is 0.114. The van der Waals surface area contributed by atoms with E-state index in [2.05, 4.69) is 9.97 Å². The lowest BCUT2D eigenvalue weighted by atomic mass is 9.85. The van der Waals surface area contributed by atoms with Crippen LogP contribution in [0.25, 0.3) is 98.0 Å². The van der Waals surface area contributed by atoms with Gasteiger partial charge in [0.05, 0.1) is 32.8 Å². The van der Waals surface area contributed by atoms with Crippen molar-refractivity contribution in [2.75, 3.05) is 0 Å². The standard InChI is InChI=1S/C36H14N4O8S2/c41-35-15-10-22-28-30-24(50(45,46)48-22)12-16-25-13(33-37-17-5-1-3-7-19(17)39(33)36(16)42)9-21-27(31(25)30)29-23(49(43,44)47-21)11-14(26(15)32(28)29)34-38-18-6-2-4-8-20(18)40(34)35/h1-12,37-38H. The Bertz CT molecular complexity index is 3870. The highest BCUT2D eigenvalue weighted by Crippen LogP contribution is 2.57. The van der Waals surface area contributed by atoms with Gasteiger partial charge < -0.3 is 18.3 Å². The van der Waals surface area contributed by atoms with Crippen molar-refractivity contribution in [2.24, 2.45) is 0 Å². The number of nitrogens with zero attached hydrogens (tertiary/aromatic N) is 2. The van der Waals surface area contributed by atoms with Gasteiger partial charge in [0.2, 0.25) is 0 Å². The summed E-state index contributed by atoms with van der Waals surface area (Å²) in [6.45, 7) is 0. The Morgan fingerprint density at radius 2 is 0.900 bits per heavy atom. The van der Waals surface area contributed by atoms with Gasteiger partial charge in [-0.3, -0.25) is 18.4 Å². The first-order chi connectivity index (χ1) is 24.1. The van der Waals surface area contributed by atoms with Gasteiger partial charge in [-0.25, -0.2) is 0 Å². The number of fused-ring (bicyclic) bond motifs is 8. The summed E-state index contributed by atoms with van der Waals surface area (Å²) in [6.07, 6.45) is 0. The minimum absolute atomic E-state index is 0.0153. The fourth-order valence-corrected chi connectivity index (χ4v) is 11.3. The maximum absolute atomic E-state index is 14.4. The van der Waals surface area contributed by atoms with Gasteiger partial charge in [0, 0.05) is 53.9 Å². The van der Waals surface area contributed by atoms with Crippen LogP contribution in [-0.4, -0.2) is 35.6 Å². The Morgan fingerprint density at radius 1 is 0.480 bits per heavy atom. The molecule has 6 heterocycles. The van der Waals surface area contributed by atoms with Crippen molar-refractivity contribution in [3.8, 4) is 11.5 Å². The molecule has 50 heavy (non-hydrogen) atoms. The summed E-state index contributed by atoms with van der Waals surface area (Å²) in [5.74, 6) is -0.116. The topological polar surface area (TPSA) is 161 Å². The molecule has 12 nitrogen and oxygen atoms in total. The number of hydrogen-bond donors (Lipinski definition) is 2. The third kappa shape index (κ3) is 2.50. The van der Waals surface area contributed by atoms with Crippen molar-refractivity contribution in [1.82, 2.24) is 18.8 Å². The van der Waals surface area contributed by atoms with Crippen LogP contribution >= 0.6 is 0 Å². The highest BCUT2D eigenvalue weighted by molar-refractivity contribution is 7.87. The Morgan fingerprint density at radius 3 is 1.42 bits per heavy atom. The zero-order valence-corrected chi connectivity index (χ0v) is 26.5. The van der Waals surface area contributed by atoms with Crippen LogP contribution in [0.4, 0.5) is 0 Å². The molecule has 0 amide bonds. The van der Waals surface area contributed by atoms with E-state index >= 15 is 0 Å². The van der Waals surface area contributed by atoms with Crippen LogP contribution in [0, 0.1) is 0 Å². The van der Waals surface area contributed by atoms with E-state index in [0.717, 1.165) is 0 Å². The van der Waals surface area contributed by atoms with E-state index in [1.54, 1.807) is 30.3 Å². The van der Waals surface area contributed by atoms with Crippen LogP contribution in [-0.2, 0) is 20.2 Å². The minimum Gasteiger partial charge on any atom is -0.378 e. The monoisotopic (exact) mass is 694 g/mol. The lowest BCUT2D eigenvalue weighted by Gasteiger charge is -2.28. The number of para-hydroxylation sites is 4. The summed E-state index contributed by atoms with van der Waals surface area (Å²) in [6, 6.07) is 20.3. The molecule has 0 aliphatic carbocycles. The van der Waals surface area contributed by atoms with Gasteiger partial charge in [-0.15, -0.1) is 0 Å². The van der Waals surface area contributed by atoms with Gasteiger partial charge in [0.15, 0.2) is 11.5 Å². The highest BCUT2D eigenvalue weighted by Gasteiger charge is 2.40. The van der Waals surface area contributed by atoms with E-state index in [1.165, 1.54) is 27.0 Å². The first kappa shape index (κ1) is 25.6. The van der Waals surface area contributed by atoms with Crippen molar-refractivity contribution in [2.45, 2.75) is 9.79 Å². The minimum atomic E-state index is -4.54. The molecule has 0 unspecified atom stereocenters. The van der Waals surface area contributed by atoms with Gasteiger partial charge in [-0.05, 0) is 48.5 Å². The molecule has 2 aliphatic rings. The van der Waals surface area contributed by atoms with Crippen LogP contribution in [0.3, 0.4) is 0 Å². The van der Waals surface area contributed by atoms with E-state index in [0.29, 0.717) is 76.5 Å². The van der Waals surface area contributed by atoms with E-state index in [9.17, 15) is 26.4 Å². The molecule has 0 fully saturated rings. The lowest BCUT2D eigenvalue weighted by molar-refractivity contribution is 0.485. The number of benzene rings is 7. The summed E-state index contributed by atoms with van der Waals surface area (Å²) < 4.78 is 71.3. The Hall–Kier alpha value is -6.38. The molecule has 7 aromatic carbocycles. The van der Waals surface area contributed by atoms with Gasteiger partial charge in [-0.1, -0.05) is 24.3 Å². The Labute approximate surface area is 276 Å². The molecule has 0 radical (unpaired) electrons. The van der Waals surface area contributed by atoms with Crippen molar-refractivity contribution >= 4 is 118 Å². The number of nitrogens with one attached hydrogen (secondary N) is 2. The zero-order valence-electron chi connectivity index (χ0n) is 24.9. The Kier molecular flexibility index (Phi) is 3.81. The fraction of sp³-hybridized carbons (Fsp3) is 0. The van der Waals surface area contributed by atoms with Gasteiger partial charge >= 0.3 is 20.2 Å². The number of pyridine rings is 2. The second-order valence-corrected chi connectivity index (χ2v) is 16.1. The van der Waals surface area contributed by atoms with E-state index in [1.807, 2.05) is 24.3 Å². The van der Waals surface area contributed by atoms with Crippen molar-refractivity contribution in [3.63, 3.8) is 0 Å². The first-order valence-corrected chi connectivity index (χ1v) is 18.3. The first-order valence-electron chi connectivity index (χ1n) is 15.5. The highest BCUT2D eigenvalue weighted by atomic mass is 32.2. The van der Waals surface area contributed by atoms with Crippen LogP contribution in [0.5, 0.6) is 11.5 Å². The molecule has 2 N–H and O–H groups in total. The average molecular weight is 695 g/mol. The predicted molar refractivity (Wildman–Crippen MR) is 188 cm³/mol. The van der Waals surface area contributed by atoms with E-state index in [4.69, 9.17) is 8.37 Å². The molecular weight excluding hydrogens is 681 g/mol. The zero-order chi connectivity index (χ0) is 33.3. The summed E-state index contributed by atoms with van der Waals surface area (Å²) in [7, 11) is -9.01. The third-order valence-corrected chi connectivity index (χ3v) is 13.2. The van der Waals surface area contributed by atoms with E-state index in [-0.39, 0.29) is 42.8 Å². The largest absolute Gasteiger partial charge is 0.378 e. The Balaban J connectivity index is 1.43. The fourth-order valence-electron chi connectivity index (χ4n) is 8.92. The number of rotatable bonds is 0. The summed E-state index contributed by atoms with van der Waals surface area (Å²) in [4.78, 5) is 35.0. The second kappa shape index (κ2) is 7.44. The van der Waals surface area contributed by atoms with Crippen LogP contribution in [0.2, 0.25) is 0 Å². The number of H-pyrrole nitrogens is 2. The number of imidazole rings is 2. The molecule has 14 heteroatoms. The molecule has 238 valence electrons. The van der Waals surface area contributed by atoms with Crippen molar-refractivity contribution in [1.29, 1.82) is 0 Å². The second-order valence-electron chi connectivity index (χ2n) is 13.0. The van der Waals surface area contributed by atoms with Crippen molar-refractivity contribution < 1.29 is 25.2 Å². The molecule has 0 spiro atoms. The summed E-state index contributed by atoms with van der Waals surface area (Å²) in [5.41, 5.74) is 2.33. The summed E-state index contributed by atoms with van der Waals surface area (Å²) in [5, 5.41) is 4.05. The number of aromatic nitrogens is 4. The maximum Gasteiger partial charge on any atom is 0.339 e. The normalized spacial score (nSPS) is 16.3. The molecule has 0 saturated heterocycles. The third-order valence-electron chi connectivity index (χ3n) is 10.7. The van der Waals surface area contributed by atoms with E-state index < -0.39 is 31.4 Å². The van der Waals surface area contributed by atoms with Crippen molar-refractivity contribution in [3.05, 3.63) is 93.5 Å². The van der Waals surface area contributed by atoms with Gasteiger partial charge in [-0.2, -0.15) is 16.8 Å². The molecular formula is C36H14N4O8S2. The lowest BCUT2D eigenvalue weighted by Crippen LogP contribution is -2.21. The molecule has 0 saturated carbocycles. The molecule has 11 aromatic rings. The predicted octanol–water partition coefficient (Wildman–Crippen LogP) is 5.83. The molecule has 2 aliphatic heterocycles. The van der Waals surface area contributed by atoms with Crippen LogP contribution in [0.15, 0.2) is 92.2 Å². The smallest absolute Gasteiger partial charge is 0.339 e. The SMILES string of the molecule is O=c1c2cc3c4c5c(cc6c(=O)n7c8ccccc8[nH]c7c7cc8c(c9c(cc(c2c94)c2[nH]c4ccccc4n12)OS8(=O)=O)c5c67)OS3(=O)=O. The number of aromatic amines is 2. The average Bonchev–Trinajstić information content (AvgIpc) is 3.68. The molecule has 13 rings (SSSR count). The van der Waals surface area contributed by atoms with Crippen LogP contribution < -0.4 is 19.5 Å². The van der Waals surface area contributed by atoms with Gasteiger partial charge in [0.1, 0.15) is 21.1 Å². The van der Waals surface area contributed by atoms with Crippen LogP contribution in [0.1, 0.15) is 0 Å². The molecule has 0 atom stereocenters. The number of hydrogen-bond acceptors (Lipinski definition) is 8.